The fourth-order valence-electron chi connectivity index (χ4n) is 5.11. The van der Waals surface area contributed by atoms with E-state index in [1.165, 1.54) is 18.4 Å². The first-order valence-corrected chi connectivity index (χ1v) is 13.0. The van der Waals surface area contributed by atoms with Crippen molar-refractivity contribution in [1.82, 2.24) is 20.2 Å². The Kier molecular flexibility index (Phi) is 7.76. The van der Waals surface area contributed by atoms with Crippen LogP contribution in [0.1, 0.15) is 31.7 Å². The zero-order valence-corrected chi connectivity index (χ0v) is 21.5. The molecule has 0 unspecified atom stereocenters. The van der Waals surface area contributed by atoms with Crippen LogP contribution in [0.5, 0.6) is 11.5 Å². The first-order chi connectivity index (χ1) is 18.1. The van der Waals surface area contributed by atoms with Crippen LogP contribution in [-0.2, 0) is 0 Å². The Hall–Kier alpha value is -3.76. The Balaban J connectivity index is 1.28. The van der Waals surface area contributed by atoms with E-state index in [4.69, 9.17) is 10.1 Å². The van der Waals surface area contributed by atoms with Gasteiger partial charge in [-0.3, -0.25) is 15.3 Å². The number of hydrogen-bond donors (Lipinski definition) is 4. The van der Waals surface area contributed by atoms with Crippen molar-refractivity contribution in [2.24, 2.45) is 15.1 Å². The molecule has 1 saturated heterocycles. The van der Waals surface area contributed by atoms with Gasteiger partial charge in [0, 0.05) is 37.1 Å². The summed E-state index contributed by atoms with van der Waals surface area (Å²) in [5.74, 6) is 2.25. The van der Waals surface area contributed by atoms with Crippen LogP contribution in [0.3, 0.4) is 0 Å². The topological polar surface area (TPSA) is 116 Å². The highest BCUT2D eigenvalue weighted by atomic mass is 16.5. The number of pyridine rings is 1. The largest absolute Gasteiger partial charge is 0.457 e. The van der Waals surface area contributed by atoms with E-state index in [9.17, 15) is 0 Å². The van der Waals surface area contributed by atoms with Gasteiger partial charge in [-0.25, -0.2) is 9.98 Å². The van der Waals surface area contributed by atoms with Gasteiger partial charge in [-0.2, -0.15) is 5.10 Å². The molecule has 10 heteroatoms. The van der Waals surface area contributed by atoms with E-state index in [2.05, 4.69) is 53.6 Å². The molecule has 0 atom stereocenters. The zero-order valence-electron chi connectivity index (χ0n) is 21.5. The minimum atomic E-state index is 0.563. The molecule has 3 aliphatic heterocycles. The maximum absolute atomic E-state index is 7.15. The number of fused-ring (bicyclic) bond motifs is 1. The third kappa shape index (κ3) is 5.98. The summed E-state index contributed by atoms with van der Waals surface area (Å²) in [5, 5.41) is 20.9. The van der Waals surface area contributed by atoms with E-state index in [-0.39, 0.29) is 0 Å². The summed E-state index contributed by atoms with van der Waals surface area (Å²) in [5.41, 5.74) is 5.01. The highest BCUT2D eigenvalue weighted by Gasteiger charge is 2.30. The van der Waals surface area contributed by atoms with E-state index in [1.54, 1.807) is 18.6 Å². The Morgan fingerprint density at radius 3 is 2.86 bits per heavy atom. The van der Waals surface area contributed by atoms with Crippen LogP contribution in [0.2, 0.25) is 0 Å². The van der Waals surface area contributed by atoms with Gasteiger partial charge in [-0.05, 0) is 81.2 Å². The van der Waals surface area contributed by atoms with Gasteiger partial charge in [-0.1, -0.05) is 6.92 Å². The number of hydrazone groups is 1. The van der Waals surface area contributed by atoms with Crippen molar-refractivity contribution in [1.29, 1.82) is 5.41 Å². The second kappa shape index (κ2) is 11.5. The van der Waals surface area contributed by atoms with Crippen LogP contribution >= 0.6 is 0 Å². The number of ether oxygens (including phenoxy) is 1. The van der Waals surface area contributed by atoms with Crippen molar-refractivity contribution in [3.8, 4) is 11.5 Å². The lowest BCUT2D eigenvalue weighted by Crippen LogP contribution is -2.43. The quantitative estimate of drug-likeness (QED) is 0.327. The molecule has 0 amide bonds. The number of H-pyrrole nitrogens is 1. The molecule has 5 rings (SSSR count). The Morgan fingerprint density at radius 1 is 1.22 bits per heavy atom. The normalized spacial score (nSPS) is 18.7. The molecule has 3 aliphatic rings. The Morgan fingerprint density at radius 2 is 2.08 bits per heavy atom. The number of rotatable bonds is 8. The highest BCUT2D eigenvalue weighted by Crippen LogP contribution is 2.30. The van der Waals surface area contributed by atoms with Crippen LogP contribution in [0.25, 0.3) is 0 Å². The Bertz CT molecular complexity index is 1280. The molecule has 0 spiro atoms. The lowest BCUT2D eigenvalue weighted by atomic mass is 10.0. The number of piperidine rings is 1. The molecule has 194 valence electrons. The van der Waals surface area contributed by atoms with E-state index in [0.717, 1.165) is 74.0 Å². The predicted molar refractivity (Wildman–Crippen MR) is 147 cm³/mol. The number of aryl methyl sites for hydroxylation is 1. The zero-order chi connectivity index (χ0) is 25.6. The molecular weight excluding hydrogens is 466 g/mol. The lowest BCUT2D eigenvalue weighted by molar-refractivity contribution is 0.212. The van der Waals surface area contributed by atoms with Gasteiger partial charge in [0.1, 0.15) is 35.4 Å². The van der Waals surface area contributed by atoms with Gasteiger partial charge >= 0.3 is 0 Å². The molecule has 10 nitrogen and oxygen atoms in total. The van der Waals surface area contributed by atoms with Gasteiger partial charge in [0.15, 0.2) is 5.84 Å². The van der Waals surface area contributed by atoms with E-state index in [1.807, 2.05) is 25.1 Å². The Labute approximate surface area is 217 Å². The van der Waals surface area contributed by atoms with Crippen molar-refractivity contribution in [2.45, 2.75) is 39.2 Å². The van der Waals surface area contributed by atoms with Crippen molar-refractivity contribution in [3.05, 3.63) is 58.8 Å². The van der Waals surface area contributed by atoms with E-state index < -0.39 is 0 Å². The number of aliphatic imine (C=N–C) groups is 1. The molecule has 37 heavy (non-hydrogen) atoms. The lowest BCUT2D eigenvalue weighted by Gasteiger charge is -2.33. The summed E-state index contributed by atoms with van der Waals surface area (Å²) < 4.78 is 6.07. The predicted octanol–water partition coefficient (Wildman–Crippen LogP) is 3.42. The van der Waals surface area contributed by atoms with Gasteiger partial charge in [0.2, 0.25) is 0 Å². The molecule has 0 saturated carbocycles. The number of nitrogens with one attached hydrogen (secondary N) is 4. The number of nitrogens with zero attached hydrogens (tertiary/aromatic N) is 5. The van der Waals surface area contributed by atoms with Crippen LogP contribution in [-0.4, -0.2) is 72.2 Å². The smallest absolute Gasteiger partial charge is 0.157 e. The third-order valence-electron chi connectivity index (χ3n) is 6.94. The molecular formula is C27H35N9O. The average molecular weight is 502 g/mol. The molecule has 0 bridgehead atoms. The second-order valence-corrected chi connectivity index (χ2v) is 9.52. The standard InChI is InChI=1S/C27H35N9O/c1-3-29-21-8-11-35(12-9-21)16-20-7-13-36-26(20)27(32-18-33-36)34-22-4-5-24(19(2)14-22)37-23-6-10-30-25(15-23)31-17-28/h4-6,10,14-15,17-18,21,29H,3,7-9,11-13,16H2,1-2H3,(H2,28,30,31)(H,32,33,34). The molecule has 0 radical (unpaired) electrons. The first-order valence-electron chi connectivity index (χ1n) is 13.0. The van der Waals surface area contributed by atoms with Crippen molar-refractivity contribution < 1.29 is 4.74 Å². The van der Waals surface area contributed by atoms with E-state index >= 15 is 0 Å². The van der Waals surface area contributed by atoms with Crippen LogP contribution in [0, 0.1) is 12.3 Å². The maximum Gasteiger partial charge on any atom is 0.157 e. The number of aromatic amines is 1. The average Bonchev–Trinajstić information content (AvgIpc) is 3.31. The highest BCUT2D eigenvalue weighted by molar-refractivity contribution is 6.12. The fourth-order valence-corrected chi connectivity index (χ4v) is 5.11. The minimum Gasteiger partial charge on any atom is -0.457 e. The fraction of sp³-hybridized carbons (Fsp3) is 0.407. The third-order valence-corrected chi connectivity index (χ3v) is 6.94. The number of aromatic nitrogens is 1. The molecule has 0 aliphatic carbocycles. The summed E-state index contributed by atoms with van der Waals surface area (Å²) >= 11 is 0. The van der Waals surface area contributed by atoms with Crippen molar-refractivity contribution in [2.75, 3.05) is 38.0 Å². The van der Waals surface area contributed by atoms with Crippen molar-refractivity contribution in [3.63, 3.8) is 0 Å². The summed E-state index contributed by atoms with van der Waals surface area (Å²) in [4.78, 5) is 14.1. The first kappa shape index (κ1) is 24.9. The van der Waals surface area contributed by atoms with Crippen molar-refractivity contribution >= 4 is 24.2 Å². The monoisotopic (exact) mass is 501 g/mol. The second-order valence-electron chi connectivity index (χ2n) is 9.52. The molecule has 2 aromatic rings. The SMILES string of the molecule is CCNC1CCN(CC2=C3C(Nc4ccc(Oc5cc[nH]/c(=N\C=N)c5)c(C)c4)=NC=NN3CC2)CC1. The number of anilines is 1. The number of benzene rings is 1. The summed E-state index contributed by atoms with van der Waals surface area (Å²) in [6.07, 6.45) is 7.78. The maximum atomic E-state index is 7.15. The number of hydrogen-bond acceptors (Lipinski definition) is 8. The summed E-state index contributed by atoms with van der Waals surface area (Å²) in [6, 6.07) is 10.3. The molecule has 4 N–H and O–H groups in total. The number of amidine groups is 1. The van der Waals surface area contributed by atoms with Gasteiger partial charge in [0.25, 0.3) is 0 Å². The summed E-state index contributed by atoms with van der Waals surface area (Å²) in [7, 11) is 0. The van der Waals surface area contributed by atoms with Crippen LogP contribution in [0.15, 0.2) is 62.9 Å². The minimum absolute atomic E-state index is 0.563. The van der Waals surface area contributed by atoms with E-state index in [0.29, 0.717) is 17.3 Å². The summed E-state index contributed by atoms with van der Waals surface area (Å²) in [6.45, 7) is 9.34. The van der Waals surface area contributed by atoms with Crippen LogP contribution < -0.4 is 20.9 Å². The molecule has 1 aromatic heterocycles. The molecule has 1 fully saturated rings. The van der Waals surface area contributed by atoms with Gasteiger partial charge in [0.05, 0.1) is 0 Å². The number of likely N-dealkylation sites (tertiary alicyclic amines) is 1. The van der Waals surface area contributed by atoms with Gasteiger partial charge in [-0.15, -0.1) is 0 Å². The van der Waals surface area contributed by atoms with Crippen LogP contribution in [0.4, 0.5) is 5.69 Å². The molecule has 4 heterocycles. The van der Waals surface area contributed by atoms with Gasteiger partial charge < -0.3 is 20.4 Å². The molecule has 1 aromatic carbocycles.